The van der Waals surface area contributed by atoms with Gasteiger partial charge in [0.2, 0.25) is 0 Å². The van der Waals surface area contributed by atoms with Crippen molar-refractivity contribution in [3.05, 3.63) is 53.3 Å². The Bertz CT molecular complexity index is 652. The summed E-state index contributed by atoms with van der Waals surface area (Å²) >= 11 is 0. The summed E-state index contributed by atoms with van der Waals surface area (Å²) in [4.78, 5) is 0. The van der Waals surface area contributed by atoms with Crippen molar-refractivity contribution in [3.8, 4) is 0 Å². The molecule has 0 bridgehead atoms. The zero-order valence-corrected chi connectivity index (χ0v) is 15.0. The van der Waals surface area contributed by atoms with Gasteiger partial charge in [0.05, 0.1) is 11.3 Å². The van der Waals surface area contributed by atoms with E-state index >= 15 is 0 Å². The molecule has 0 unspecified atom stereocenters. The van der Waals surface area contributed by atoms with Gasteiger partial charge in [0.15, 0.2) is 0 Å². The number of nitrogens with zero attached hydrogens (tertiary/aromatic N) is 2. The second-order valence-electron chi connectivity index (χ2n) is 7.41. The zero-order valence-electron chi connectivity index (χ0n) is 15.0. The molecule has 2 aromatic rings. The molecule has 1 saturated carbocycles. The fraction of sp³-hybridized carbons (Fsp3) is 0.550. The van der Waals surface area contributed by atoms with Crippen molar-refractivity contribution in [2.75, 3.05) is 0 Å². The monoisotopic (exact) mass is 327 g/mol. The minimum Gasteiger partial charge on any atom is -0.385 e. The van der Waals surface area contributed by atoms with Gasteiger partial charge in [-0.25, -0.2) is 0 Å². The maximum Gasteiger partial charge on any atom is 0.0897 e. The summed E-state index contributed by atoms with van der Waals surface area (Å²) in [6.07, 6.45) is 5.46. The summed E-state index contributed by atoms with van der Waals surface area (Å²) in [7, 11) is 1.97. The molecule has 1 aromatic carbocycles. The molecule has 0 radical (unpaired) electrons. The van der Waals surface area contributed by atoms with Crippen LogP contribution in [0.25, 0.3) is 0 Å². The molecule has 0 spiro atoms. The fourth-order valence-electron chi connectivity index (χ4n) is 3.59. The van der Waals surface area contributed by atoms with Crippen LogP contribution in [0.5, 0.6) is 0 Å². The lowest BCUT2D eigenvalue weighted by Crippen LogP contribution is -2.39. The van der Waals surface area contributed by atoms with E-state index in [4.69, 9.17) is 0 Å². The molecule has 1 aliphatic carbocycles. The van der Waals surface area contributed by atoms with Crippen LogP contribution in [0.3, 0.4) is 0 Å². The molecule has 130 valence electrons. The molecular weight excluding hydrogens is 298 g/mol. The Hall–Kier alpha value is -1.65. The lowest BCUT2D eigenvalue weighted by atomic mass is 9.77. The Morgan fingerprint density at radius 2 is 1.88 bits per heavy atom. The Kier molecular flexibility index (Phi) is 5.07. The van der Waals surface area contributed by atoms with Crippen molar-refractivity contribution < 1.29 is 5.11 Å². The molecule has 2 N–H and O–H groups in total. The fourth-order valence-corrected chi connectivity index (χ4v) is 3.59. The van der Waals surface area contributed by atoms with E-state index in [1.165, 1.54) is 11.3 Å². The molecule has 1 aliphatic rings. The van der Waals surface area contributed by atoms with Crippen molar-refractivity contribution in [2.24, 2.45) is 7.05 Å². The summed E-state index contributed by atoms with van der Waals surface area (Å²) in [6, 6.07) is 11.0. The molecule has 24 heavy (non-hydrogen) atoms. The molecule has 0 amide bonds. The molecule has 4 heteroatoms. The van der Waals surface area contributed by atoms with E-state index in [0.29, 0.717) is 12.0 Å². The third-order valence-electron chi connectivity index (χ3n) is 5.42. The van der Waals surface area contributed by atoms with E-state index in [1.807, 2.05) is 24.0 Å². The Balaban J connectivity index is 1.56. The summed E-state index contributed by atoms with van der Waals surface area (Å²) in [6.45, 7) is 5.23. The smallest absolute Gasteiger partial charge is 0.0897 e. The first-order valence-electron chi connectivity index (χ1n) is 9.01. The largest absolute Gasteiger partial charge is 0.385 e. The van der Waals surface area contributed by atoms with Crippen LogP contribution in [0.1, 0.15) is 62.3 Å². The van der Waals surface area contributed by atoms with Crippen LogP contribution in [0, 0.1) is 0 Å². The Morgan fingerprint density at radius 1 is 1.21 bits per heavy atom. The molecule has 1 fully saturated rings. The second-order valence-corrected chi connectivity index (χ2v) is 7.41. The van der Waals surface area contributed by atoms with Gasteiger partial charge in [-0.3, -0.25) is 4.68 Å². The lowest BCUT2D eigenvalue weighted by Gasteiger charge is -2.37. The second kappa shape index (κ2) is 7.08. The van der Waals surface area contributed by atoms with Crippen molar-refractivity contribution in [1.29, 1.82) is 0 Å². The predicted octanol–water partition coefficient (Wildman–Crippen LogP) is 3.46. The number of rotatable bonds is 5. The topological polar surface area (TPSA) is 50.1 Å². The highest BCUT2D eigenvalue weighted by molar-refractivity contribution is 5.29. The Morgan fingerprint density at radius 3 is 2.42 bits per heavy atom. The van der Waals surface area contributed by atoms with E-state index in [1.54, 1.807) is 0 Å². The van der Waals surface area contributed by atoms with E-state index in [0.717, 1.165) is 37.8 Å². The average molecular weight is 327 g/mol. The van der Waals surface area contributed by atoms with E-state index < -0.39 is 5.60 Å². The van der Waals surface area contributed by atoms with Crippen LogP contribution >= 0.6 is 0 Å². The van der Waals surface area contributed by atoms with Crippen molar-refractivity contribution >= 4 is 0 Å². The van der Waals surface area contributed by atoms with Crippen molar-refractivity contribution in [2.45, 2.75) is 63.6 Å². The van der Waals surface area contributed by atoms with Gasteiger partial charge in [-0.1, -0.05) is 38.1 Å². The first-order chi connectivity index (χ1) is 11.5. The van der Waals surface area contributed by atoms with Crippen molar-refractivity contribution in [1.82, 2.24) is 15.1 Å². The van der Waals surface area contributed by atoms with E-state index in [-0.39, 0.29) is 0 Å². The van der Waals surface area contributed by atoms with Gasteiger partial charge in [0.25, 0.3) is 0 Å². The average Bonchev–Trinajstić information content (AvgIpc) is 2.99. The van der Waals surface area contributed by atoms with Gasteiger partial charge in [-0.2, -0.15) is 5.10 Å². The van der Waals surface area contributed by atoms with Crippen molar-refractivity contribution in [3.63, 3.8) is 0 Å². The van der Waals surface area contributed by atoms with Gasteiger partial charge < -0.3 is 10.4 Å². The zero-order chi connectivity index (χ0) is 17.2. The molecular formula is C20H29N3O. The van der Waals surface area contributed by atoms with Gasteiger partial charge >= 0.3 is 0 Å². The van der Waals surface area contributed by atoms with Crippen LogP contribution in [-0.4, -0.2) is 20.9 Å². The number of aromatic nitrogens is 2. The quantitative estimate of drug-likeness (QED) is 0.884. The number of hydrogen-bond donors (Lipinski definition) is 2. The summed E-state index contributed by atoms with van der Waals surface area (Å²) in [5.74, 6) is 0.528. The highest BCUT2D eigenvalue weighted by Crippen LogP contribution is 2.37. The molecule has 1 heterocycles. The number of aryl methyl sites for hydroxylation is 1. The third kappa shape index (κ3) is 3.70. The third-order valence-corrected chi connectivity index (χ3v) is 5.42. The van der Waals surface area contributed by atoms with Gasteiger partial charge in [-0.15, -0.1) is 0 Å². The minimum absolute atomic E-state index is 0.468. The lowest BCUT2D eigenvalue weighted by molar-refractivity contribution is -0.00853. The standard InChI is InChI=1S/C20H29N3O/c1-15(2)16-4-6-17(7-5-16)20(24)11-8-18(9-12-20)21-14-19-10-13-22-23(19)3/h4-7,10,13,15,18,21,24H,8-9,11-12,14H2,1-3H3. The molecule has 1 aromatic heterocycles. The molecule has 0 atom stereocenters. The van der Waals surface area contributed by atoms with Crippen LogP contribution in [0.4, 0.5) is 0 Å². The van der Waals surface area contributed by atoms with Gasteiger partial charge in [0.1, 0.15) is 0 Å². The number of benzene rings is 1. The predicted molar refractivity (Wildman–Crippen MR) is 96.7 cm³/mol. The highest BCUT2D eigenvalue weighted by atomic mass is 16.3. The summed E-state index contributed by atoms with van der Waals surface area (Å²) < 4.78 is 1.91. The normalized spacial score (nSPS) is 24.5. The molecule has 0 aliphatic heterocycles. The van der Waals surface area contributed by atoms with Gasteiger partial charge in [-0.05, 0) is 48.8 Å². The first kappa shape index (κ1) is 17.2. The Labute approximate surface area is 144 Å². The minimum atomic E-state index is -0.666. The number of aliphatic hydroxyl groups is 1. The van der Waals surface area contributed by atoms with Crippen LogP contribution in [0.15, 0.2) is 36.5 Å². The molecule has 0 saturated heterocycles. The van der Waals surface area contributed by atoms with Crippen LogP contribution in [0.2, 0.25) is 0 Å². The summed E-state index contributed by atoms with van der Waals surface area (Å²) in [5, 5.41) is 18.8. The number of nitrogens with one attached hydrogen (secondary N) is 1. The first-order valence-corrected chi connectivity index (χ1v) is 9.01. The maximum atomic E-state index is 11.0. The van der Waals surface area contributed by atoms with Crippen LogP contribution in [-0.2, 0) is 19.2 Å². The van der Waals surface area contributed by atoms with E-state index in [2.05, 4.69) is 48.5 Å². The molecule has 3 rings (SSSR count). The van der Waals surface area contributed by atoms with E-state index in [9.17, 15) is 5.11 Å². The number of hydrogen-bond acceptors (Lipinski definition) is 3. The van der Waals surface area contributed by atoms with Crippen LogP contribution < -0.4 is 5.32 Å². The highest BCUT2D eigenvalue weighted by Gasteiger charge is 2.34. The molecule has 4 nitrogen and oxygen atoms in total. The summed E-state index contributed by atoms with van der Waals surface area (Å²) in [5.41, 5.74) is 2.92. The maximum absolute atomic E-state index is 11.0. The SMILES string of the molecule is CC(C)c1ccc(C2(O)CCC(NCc3ccnn3C)CC2)cc1. The van der Waals surface area contributed by atoms with Gasteiger partial charge in [0, 0.05) is 25.8 Å².